The number of rotatable bonds is 9. The Hall–Kier alpha value is -1.58. The lowest BCUT2D eigenvalue weighted by molar-refractivity contribution is 0.502. The molecule has 2 aromatic rings. The van der Waals surface area contributed by atoms with Gasteiger partial charge < -0.3 is 0 Å². The van der Waals surface area contributed by atoms with Crippen LogP contribution in [0.4, 0.5) is 0 Å². The molecule has 0 saturated heterocycles. The molecule has 98 valence electrons. The molecular formula is C14H22N4. The standard InChI is InChI=1S/C14H22N4/c1(3-5-11-17-13-7-9-15-17)2-4-6-12-18-14-8-10-16-18/h7-10,13-14H,1-6,11-12H2. The van der Waals surface area contributed by atoms with Crippen LogP contribution in [0.5, 0.6) is 0 Å². The monoisotopic (exact) mass is 246 g/mol. The van der Waals surface area contributed by atoms with Gasteiger partial charge in [0.1, 0.15) is 0 Å². The minimum Gasteiger partial charge on any atom is -0.273 e. The van der Waals surface area contributed by atoms with Crippen molar-refractivity contribution in [2.45, 2.75) is 51.6 Å². The lowest BCUT2D eigenvalue weighted by atomic mass is 10.1. The molecule has 0 aliphatic heterocycles. The Labute approximate surface area is 109 Å². The molecule has 0 unspecified atom stereocenters. The van der Waals surface area contributed by atoms with Gasteiger partial charge >= 0.3 is 0 Å². The second kappa shape index (κ2) is 7.69. The molecule has 4 heteroatoms. The van der Waals surface area contributed by atoms with Crippen molar-refractivity contribution in [2.24, 2.45) is 0 Å². The predicted molar refractivity (Wildman–Crippen MR) is 72.2 cm³/mol. The summed E-state index contributed by atoms with van der Waals surface area (Å²) in [7, 11) is 0. The number of hydrogen-bond donors (Lipinski definition) is 0. The summed E-state index contributed by atoms with van der Waals surface area (Å²) in [5.41, 5.74) is 0. The number of nitrogens with zero attached hydrogens (tertiary/aromatic N) is 4. The van der Waals surface area contributed by atoms with Gasteiger partial charge in [-0.15, -0.1) is 0 Å². The zero-order chi connectivity index (χ0) is 12.5. The van der Waals surface area contributed by atoms with Crippen LogP contribution in [0.2, 0.25) is 0 Å². The molecule has 0 radical (unpaired) electrons. The van der Waals surface area contributed by atoms with Crippen LogP contribution in [0.25, 0.3) is 0 Å². The quantitative estimate of drug-likeness (QED) is 0.637. The average molecular weight is 246 g/mol. The number of hydrogen-bond acceptors (Lipinski definition) is 2. The summed E-state index contributed by atoms with van der Waals surface area (Å²) in [5, 5.41) is 8.40. The fourth-order valence-corrected chi connectivity index (χ4v) is 2.12. The van der Waals surface area contributed by atoms with E-state index in [1.165, 1.54) is 38.5 Å². The van der Waals surface area contributed by atoms with E-state index in [0.717, 1.165) is 13.1 Å². The second-order valence-electron chi connectivity index (χ2n) is 4.66. The fraction of sp³-hybridized carbons (Fsp3) is 0.571. The largest absolute Gasteiger partial charge is 0.273 e. The van der Waals surface area contributed by atoms with E-state index in [1.807, 2.05) is 46.3 Å². The molecule has 4 nitrogen and oxygen atoms in total. The van der Waals surface area contributed by atoms with Crippen molar-refractivity contribution >= 4 is 0 Å². The van der Waals surface area contributed by atoms with Crippen LogP contribution in [0.1, 0.15) is 38.5 Å². The summed E-state index contributed by atoms with van der Waals surface area (Å²) in [4.78, 5) is 0. The van der Waals surface area contributed by atoms with Gasteiger partial charge in [0.15, 0.2) is 0 Å². The first-order valence-corrected chi connectivity index (χ1v) is 6.90. The summed E-state index contributed by atoms with van der Waals surface area (Å²) < 4.78 is 4.02. The van der Waals surface area contributed by atoms with Gasteiger partial charge in [-0.3, -0.25) is 9.36 Å². The molecule has 0 fully saturated rings. The molecular weight excluding hydrogens is 224 g/mol. The van der Waals surface area contributed by atoms with Crippen LogP contribution >= 0.6 is 0 Å². The zero-order valence-electron chi connectivity index (χ0n) is 10.9. The highest BCUT2D eigenvalue weighted by molar-refractivity contribution is 4.78. The molecule has 2 aromatic heterocycles. The zero-order valence-corrected chi connectivity index (χ0v) is 10.9. The number of aromatic nitrogens is 4. The van der Waals surface area contributed by atoms with E-state index in [1.54, 1.807) is 0 Å². The van der Waals surface area contributed by atoms with Gasteiger partial charge in [-0.25, -0.2) is 0 Å². The van der Waals surface area contributed by atoms with Crippen LogP contribution in [-0.4, -0.2) is 19.6 Å². The maximum Gasteiger partial charge on any atom is 0.0489 e. The SMILES string of the molecule is c1cnn(CCCCCCCCn2cccn2)c1. The summed E-state index contributed by atoms with van der Waals surface area (Å²) >= 11 is 0. The van der Waals surface area contributed by atoms with E-state index in [9.17, 15) is 0 Å². The van der Waals surface area contributed by atoms with Crippen molar-refractivity contribution in [3.05, 3.63) is 36.9 Å². The summed E-state index contributed by atoms with van der Waals surface area (Å²) in [6.45, 7) is 2.11. The summed E-state index contributed by atoms with van der Waals surface area (Å²) in [6.07, 6.45) is 15.5. The fourth-order valence-electron chi connectivity index (χ4n) is 2.12. The van der Waals surface area contributed by atoms with Crippen LogP contribution in [0.3, 0.4) is 0 Å². The second-order valence-corrected chi connectivity index (χ2v) is 4.66. The first kappa shape index (κ1) is 12.9. The van der Waals surface area contributed by atoms with Gasteiger partial charge in [0, 0.05) is 37.9 Å². The first-order valence-electron chi connectivity index (χ1n) is 6.90. The highest BCUT2D eigenvalue weighted by atomic mass is 15.3. The van der Waals surface area contributed by atoms with Crippen LogP contribution < -0.4 is 0 Å². The maximum atomic E-state index is 4.20. The van der Waals surface area contributed by atoms with E-state index in [0.29, 0.717) is 0 Å². The Balaban J connectivity index is 1.40. The van der Waals surface area contributed by atoms with E-state index in [-0.39, 0.29) is 0 Å². The average Bonchev–Trinajstić information content (AvgIpc) is 3.05. The Morgan fingerprint density at radius 1 is 0.611 bits per heavy atom. The molecule has 0 aliphatic rings. The van der Waals surface area contributed by atoms with Gasteiger partial charge in [-0.2, -0.15) is 10.2 Å². The van der Waals surface area contributed by atoms with Crippen LogP contribution in [0.15, 0.2) is 36.9 Å². The topological polar surface area (TPSA) is 35.6 Å². The van der Waals surface area contributed by atoms with Crippen molar-refractivity contribution in [3.63, 3.8) is 0 Å². The highest BCUT2D eigenvalue weighted by Crippen LogP contribution is 2.07. The van der Waals surface area contributed by atoms with Crippen molar-refractivity contribution in [2.75, 3.05) is 0 Å². The third kappa shape index (κ3) is 4.73. The molecule has 2 heterocycles. The normalized spacial score (nSPS) is 10.9. The Kier molecular flexibility index (Phi) is 5.50. The van der Waals surface area contributed by atoms with Gasteiger partial charge in [0.05, 0.1) is 0 Å². The third-order valence-corrected chi connectivity index (χ3v) is 3.14. The summed E-state index contributed by atoms with van der Waals surface area (Å²) in [6, 6.07) is 3.96. The number of unbranched alkanes of at least 4 members (excludes halogenated alkanes) is 5. The van der Waals surface area contributed by atoms with Crippen LogP contribution in [-0.2, 0) is 13.1 Å². The van der Waals surface area contributed by atoms with Crippen molar-refractivity contribution < 1.29 is 0 Å². The maximum absolute atomic E-state index is 4.20. The van der Waals surface area contributed by atoms with Gasteiger partial charge in [-0.1, -0.05) is 25.7 Å². The first-order chi connectivity index (χ1) is 8.95. The molecule has 0 bridgehead atoms. The lowest BCUT2D eigenvalue weighted by Gasteiger charge is -2.03. The van der Waals surface area contributed by atoms with Gasteiger partial charge in [-0.05, 0) is 25.0 Å². The Morgan fingerprint density at radius 3 is 1.44 bits per heavy atom. The van der Waals surface area contributed by atoms with Gasteiger partial charge in [0.2, 0.25) is 0 Å². The molecule has 0 amide bonds. The van der Waals surface area contributed by atoms with Gasteiger partial charge in [0.25, 0.3) is 0 Å². The van der Waals surface area contributed by atoms with E-state index >= 15 is 0 Å². The molecule has 18 heavy (non-hydrogen) atoms. The smallest absolute Gasteiger partial charge is 0.0489 e. The minimum absolute atomic E-state index is 1.06. The summed E-state index contributed by atoms with van der Waals surface area (Å²) in [5.74, 6) is 0. The Bertz CT molecular complexity index is 351. The molecule has 0 aromatic carbocycles. The molecule has 0 spiro atoms. The van der Waals surface area contributed by atoms with Crippen molar-refractivity contribution in [1.29, 1.82) is 0 Å². The minimum atomic E-state index is 1.06. The van der Waals surface area contributed by atoms with E-state index in [4.69, 9.17) is 0 Å². The lowest BCUT2D eigenvalue weighted by Crippen LogP contribution is -1.98. The number of aryl methyl sites for hydroxylation is 2. The van der Waals surface area contributed by atoms with Crippen molar-refractivity contribution in [1.82, 2.24) is 19.6 Å². The highest BCUT2D eigenvalue weighted by Gasteiger charge is 1.94. The van der Waals surface area contributed by atoms with Crippen molar-refractivity contribution in [3.8, 4) is 0 Å². The Morgan fingerprint density at radius 2 is 1.06 bits per heavy atom. The van der Waals surface area contributed by atoms with E-state index in [2.05, 4.69) is 10.2 Å². The van der Waals surface area contributed by atoms with Crippen LogP contribution in [0, 0.1) is 0 Å². The predicted octanol–water partition coefficient (Wildman–Crippen LogP) is 3.12. The molecule has 0 aliphatic carbocycles. The third-order valence-electron chi connectivity index (χ3n) is 3.14. The molecule has 0 saturated carbocycles. The molecule has 0 atom stereocenters. The van der Waals surface area contributed by atoms with E-state index < -0.39 is 0 Å². The molecule has 0 N–H and O–H groups in total. The molecule has 2 rings (SSSR count).